The van der Waals surface area contributed by atoms with E-state index in [4.69, 9.17) is 4.74 Å². The van der Waals surface area contributed by atoms with Crippen molar-refractivity contribution in [3.63, 3.8) is 0 Å². The van der Waals surface area contributed by atoms with E-state index in [2.05, 4.69) is 22.3 Å². The average molecular weight is 297 g/mol. The Morgan fingerprint density at radius 3 is 2.73 bits per heavy atom. The number of benzene rings is 1. The molecule has 1 N–H and O–H groups in total. The maximum absolute atomic E-state index is 11.4. The summed E-state index contributed by atoms with van der Waals surface area (Å²) in [7, 11) is 0. The highest BCUT2D eigenvalue weighted by Gasteiger charge is 2.14. The Morgan fingerprint density at radius 1 is 1.32 bits per heavy atom. The average Bonchev–Trinajstić information content (AvgIpc) is 2.91. The molecule has 1 aromatic carbocycles. The van der Waals surface area contributed by atoms with Crippen molar-refractivity contribution in [3.8, 4) is 17.5 Å². The quantitative estimate of drug-likeness (QED) is 0.867. The summed E-state index contributed by atoms with van der Waals surface area (Å²) in [5.41, 5.74) is 1.26. The molecule has 0 unspecified atom stereocenters. The van der Waals surface area contributed by atoms with Crippen molar-refractivity contribution in [3.05, 3.63) is 48.3 Å². The molecule has 114 valence electrons. The van der Waals surface area contributed by atoms with E-state index in [1.54, 1.807) is 10.9 Å². The zero-order valence-electron chi connectivity index (χ0n) is 13.0. The largest absolute Gasteiger partial charge is 0.444 e. The van der Waals surface area contributed by atoms with Crippen LogP contribution in [0.25, 0.3) is 5.69 Å². The zero-order valence-corrected chi connectivity index (χ0v) is 13.0. The van der Waals surface area contributed by atoms with Crippen molar-refractivity contribution in [1.29, 1.82) is 0 Å². The maximum atomic E-state index is 11.4. The summed E-state index contributed by atoms with van der Waals surface area (Å²) >= 11 is 0. The normalized spacial score (nSPS) is 10.5. The number of aromatic nitrogens is 2. The number of para-hydroxylation sites is 1. The summed E-state index contributed by atoms with van der Waals surface area (Å²) in [6, 6.07) is 9.79. The minimum absolute atomic E-state index is 0.228. The van der Waals surface area contributed by atoms with E-state index in [0.717, 1.165) is 11.3 Å². The number of carbonyl (C=O) groups is 1. The first-order valence-electron chi connectivity index (χ1n) is 7.00. The standard InChI is InChI=1S/C17H19N3O2/c1-17(2,3)22-16(21)18-11-7-8-14-12-19-20(13-14)15-9-5-4-6-10-15/h4-6,9-10,12-13H,11H2,1-3H3,(H,18,21). The van der Waals surface area contributed by atoms with Crippen LogP contribution in [0.1, 0.15) is 26.3 Å². The summed E-state index contributed by atoms with van der Waals surface area (Å²) in [5.74, 6) is 5.82. The molecular formula is C17H19N3O2. The second kappa shape index (κ2) is 6.81. The minimum atomic E-state index is -0.506. The molecule has 0 bridgehead atoms. The molecule has 1 amide bonds. The molecule has 22 heavy (non-hydrogen) atoms. The van der Waals surface area contributed by atoms with E-state index in [9.17, 15) is 4.79 Å². The Hall–Kier alpha value is -2.74. The molecule has 0 saturated carbocycles. The highest BCUT2D eigenvalue weighted by atomic mass is 16.6. The van der Waals surface area contributed by atoms with Crippen LogP contribution in [0.5, 0.6) is 0 Å². The van der Waals surface area contributed by atoms with Crippen molar-refractivity contribution in [2.45, 2.75) is 26.4 Å². The third kappa shape index (κ3) is 4.98. The van der Waals surface area contributed by atoms with Crippen molar-refractivity contribution < 1.29 is 9.53 Å². The predicted molar refractivity (Wildman–Crippen MR) is 84.7 cm³/mol. The molecule has 5 heteroatoms. The fourth-order valence-electron chi connectivity index (χ4n) is 1.69. The first kappa shape index (κ1) is 15.6. The molecule has 0 saturated heterocycles. The maximum Gasteiger partial charge on any atom is 0.408 e. The Morgan fingerprint density at radius 2 is 2.05 bits per heavy atom. The van der Waals surface area contributed by atoms with Gasteiger partial charge in [0.1, 0.15) is 5.60 Å². The molecule has 2 rings (SSSR count). The summed E-state index contributed by atoms with van der Waals surface area (Å²) in [6.45, 7) is 5.67. The molecule has 0 atom stereocenters. The molecule has 0 aliphatic heterocycles. The second-order valence-corrected chi connectivity index (χ2v) is 5.67. The third-order valence-corrected chi connectivity index (χ3v) is 2.56. The van der Waals surface area contributed by atoms with Crippen LogP contribution in [-0.2, 0) is 4.74 Å². The van der Waals surface area contributed by atoms with Gasteiger partial charge in [-0.2, -0.15) is 5.10 Å². The lowest BCUT2D eigenvalue weighted by Crippen LogP contribution is -2.32. The van der Waals surface area contributed by atoms with Gasteiger partial charge in [0.15, 0.2) is 0 Å². The van der Waals surface area contributed by atoms with Crippen molar-refractivity contribution in [2.24, 2.45) is 0 Å². The zero-order chi connectivity index (χ0) is 16.0. The molecule has 0 fully saturated rings. The molecule has 2 aromatic rings. The Balaban J connectivity index is 1.88. The Labute approximate surface area is 130 Å². The first-order chi connectivity index (χ1) is 10.4. The van der Waals surface area contributed by atoms with E-state index in [1.807, 2.05) is 57.3 Å². The van der Waals surface area contributed by atoms with Gasteiger partial charge in [0.05, 0.1) is 24.0 Å². The number of alkyl carbamates (subject to hydrolysis) is 1. The van der Waals surface area contributed by atoms with Crippen LogP contribution < -0.4 is 5.32 Å². The van der Waals surface area contributed by atoms with Crippen LogP contribution in [0.3, 0.4) is 0 Å². The number of hydrogen-bond acceptors (Lipinski definition) is 3. The summed E-state index contributed by atoms with van der Waals surface area (Å²) in [5, 5.41) is 6.84. The van der Waals surface area contributed by atoms with Crippen LogP contribution in [0.2, 0.25) is 0 Å². The minimum Gasteiger partial charge on any atom is -0.444 e. The highest BCUT2D eigenvalue weighted by Crippen LogP contribution is 2.07. The van der Waals surface area contributed by atoms with Gasteiger partial charge in [0.2, 0.25) is 0 Å². The topological polar surface area (TPSA) is 56.1 Å². The van der Waals surface area contributed by atoms with Crippen molar-refractivity contribution >= 4 is 6.09 Å². The fourth-order valence-corrected chi connectivity index (χ4v) is 1.69. The van der Waals surface area contributed by atoms with Gasteiger partial charge >= 0.3 is 6.09 Å². The molecule has 0 aliphatic carbocycles. The summed E-state index contributed by atoms with van der Waals surface area (Å²) < 4.78 is 6.87. The molecule has 5 nitrogen and oxygen atoms in total. The summed E-state index contributed by atoms with van der Waals surface area (Å²) in [6.07, 6.45) is 3.06. The highest BCUT2D eigenvalue weighted by molar-refractivity contribution is 5.68. The van der Waals surface area contributed by atoms with Crippen LogP contribution in [0, 0.1) is 11.8 Å². The van der Waals surface area contributed by atoms with Crippen LogP contribution in [0.15, 0.2) is 42.7 Å². The smallest absolute Gasteiger partial charge is 0.408 e. The SMILES string of the molecule is CC(C)(C)OC(=O)NCC#Cc1cnn(-c2ccccc2)c1. The van der Waals surface area contributed by atoms with E-state index in [-0.39, 0.29) is 6.54 Å². The van der Waals surface area contributed by atoms with Gasteiger partial charge < -0.3 is 10.1 Å². The summed E-state index contributed by atoms with van der Waals surface area (Å²) in [4.78, 5) is 11.4. The molecule has 1 aromatic heterocycles. The van der Waals surface area contributed by atoms with Gasteiger partial charge in [-0.05, 0) is 32.9 Å². The molecule has 0 radical (unpaired) electrons. The van der Waals surface area contributed by atoms with Crippen LogP contribution in [-0.4, -0.2) is 28.0 Å². The fraction of sp³-hybridized carbons (Fsp3) is 0.294. The van der Waals surface area contributed by atoms with E-state index in [1.165, 1.54) is 0 Å². The van der Waals surface area contributed by atoms with E-state index < -0.39 is 11.7 Å². The Bertz CT molecular complexity index is 688. The van der Waals surface area contributed by atoms with Crippen molar-refractivity contribution in [2.75, 3.05) is 6.54 Å². The molecular weight excluding hydrogens is 278 g/mol. The Kier molecular flexibility index (Phi) is 4.84. The number of nitrogens with zero attached hydrogens (tertiary/aromatic N) is 2. The molecule has 1 heterocycles. The number of hydrogen-bond donors (Lipinski definition) is 1. The van der Waals surface area contributed by atoms with Crippen LogP contribution >= 0.6 is 0 Å². The first-order valence-corrected chi connectivity index (χ1v) is 7.00. The molecule has 0 aliphatic rings. The van der Waals surface area contributed by atoms with Gasteiger partial charge in [0.25, 0.3) is 0 Å². The van der Waals surface area contributed by atoms with E-state index in [0.29, 0.717) is 0 Å². The molecule has 0 spiro atoms. The number of amides is 1. The van der Waals surface area contributed by atoms with Gasteiger partial charge in [-0.15, -0.1) is 0 Å². The van der Waals surface area contributed by atoms with E-state index >= 15 is 0 Å². The van der Waals surface area contributed by atoms with Gasteiger partial charge in [0, 0.05) is 6.20 Å². The second-order valence-electron chi connectivity index (χ2n) is 5.67. The third-order valence-electron chi connectivity index (χ3n) is 2.56. The lowest BCUT2D eigenvalue weighted by molar-refractivity contribution is 0.0535. The number of rotatable bonds is 2. The van der Waals surface area contributed by atoms with Gasteiger partial charge in [-0.25, -0.2) is 9.48 Å². The van der Waals surface area contributed by atoms with Crippen molar-refractivity contribution in [1.82, 2.24) is 15.1 Å². The number of carbonyl (C=O) groups excluding carboxylic acids is 1. The van der Waals surface area contributed by atoms with Gasteiger partial charge in [-0.1, -0.05) is 30.0 Å². The lowest BCUT2D eigenvalue weighted by atomic mass is 10.2. The number of nitrogens with one attached hydrogen (secondary N) is 1. The lowest BCUT2D eigenvalue weighted by Gasteiger charge is -2.18. The monoisotopic (exact) mass is 297 g/mol. The number of ether oxygens (including phenoxy) is 1. The predicted octanol–water partition coefficient (Wildman–Crippen LogP) is 2.75. The van der Waals surface area contributed by atoms with Gasteiger partial charge in [-0.3, -0.25) is 0 Å². The van der Waals surface area contributed by atoms with Crippen LogP contribution in [0.4, 0.5) is 4.79 Å².